The van der Waals surface area contributed by atoms with Crippen LogP contribution in [-0.2, 0) is 4.74 Å². The molecule has 12 heteroatoms. The van der Waals surface area contributed by atoms with Crippen LogP contribution in [0.5, 0.6) is 5.75 Å². The van der Waals surface area contributed by atoms with Gasteiger partial charge in [0.05, 0.1) is 11.9 Å². The van der Waals surface area contributed by atoms with Crippen LogP contribution in [0.15, 0.2) is 30.5 Å². The van der Waals surface area contributed by atoms with Gasteiger partial charge in [-0.05, 0) is 45.7 Å². The Morgan fingerprint density at radius 3 is 2.61 bits per heavy atom. The number of alkyl halides is 3. The Morgan fingerprint density at radius 2 is 1.94 bits per heavy atom. The van der Waals surface area contributed by atoms with E-state index < -0.39 is 12.0 Å². The Bertz CT molecular complexity index is 1130. The van der Waals surface area contributed by atoms with Gasteiger partial charge in [0.1, 0.15) is 11.4 Å². The summed E-state index contributed by atoms with van der Waals surface area (Å²) in [5, 5.41) is 8.57. The minimum atomic E-state index is -4.76. The average molecular weight is 484 g/mol. The summed E-state index contributed by atoms with van der Waals surface area (Å²) in [4.78, 5) is 18.9. The zero-order valence-electron chi connectivity index (χ0n) is 18.3. The molecule has 3 aromatic rings. The second-order valence-electron chi connectivity index (χ2n) is 8.71. The summed E-state index contributed by atoms with van der Waals surface area (Å²) in [5.41, 5.74) is 0.534. The highest BCUT2D eigenvalue weighted by Crippen LogP contribution is 2.31. The molecule has 0 aliphatic carbocycles. The molecule has 1 amide bonds. The van der Waals surface area contributed by atoms with Crippen LogP contribution in [0.1, 0.15) is 33.6 Å². The molecule has 0 bridgehead atoms. The normalized spacial score (nSPS) is 15.6. The van der Waals surface area contributed by atoms with Crippen LogP contribution < -0.4 is 10.1 Å². The van der Waals surface area contributed by atoms with E-state index in [0.717, 1.165) is 12.8 Å². The Kier molecular flexibility index (Phi) is 6.12. The lowest BCUT2D eigenvalue weighted by atomic mass is 10.1. The molecule has 1 fully saturated rings. The van der Waals surface area contributed by atoms with Crippen molar-refractivity contribution in [3.63, 3.8) is 0 Å². The van der Waals surface area contributed by atoms with E-state index in [1.807, 2.05) is 20.8 Å². The number of nitrogens with zero attached hydrogens (tertiary/aromatic N) is 4. The average Bonchev–Trinajstić information content (AvgIpc) is 3.26. The number of aromatic nitrogens is 3. The summed E-state index contributed by atoms with van der Waals surface area (Å²) in [7, 11) is 0. The van der Waals surface area contributed by atoms with Gasteiger partial charge < -0.3 is 19.7 Å². The summed E-state index contributed by atoms with van der Waals surface area (Å²) in [6.45, 7) is 6.67. The number of anilines is 1. The fraction of sp³-hybridized carbons (Fsp3) is 0.476. The van der Waals surface area contributed by atoms with Gasteiger partial charge in [-0.2, -0.15) is 0 Å². The maximum absolute atomic E-state index is 12.5. The minimum absolute atomic E-state index is 0.131. The molecule has 1 aliphatic rings. The van der Waals surface area contributed by atoms with Crippen molar-refractivity contribution in [3.8, 4) is 17.0 Å². The third-order valence-corrected chi connectivity index (χ3v) is 5.78. The highest BCUT2D eigenvalue weighted by atomic mass is 32.1. The molecule has 1 N–H and O–H groups in total. The molecule has 178 valence electrons. The second kappa shape index (κ2) is 8.73. The molecule has 0 saturated carbocycles. The Hall–Kier alpha value is -3.02. The fourth-order valence-corrected chi connectivity index (χ4v) is 4.36. The van der Waals surface area contributed by atoms with E-state index in [1.165, 1.54) is 29.5 Å². The zero-order chi connectivity index (χ0) is 23.8. The quantitative estimate of drug-likeness (QED) is 0.552. The van der Waals surface area contributed by atoms with Crippen LogP contribution in [0, 0.1) is 0 Å². The van der Waals surface area contributed by atoms with E-state index in [2.05, 4.69) is 20.1 Å². The van der Waals surface area contributed by atoms with Crippen molar-refractivity contribution in [2.24, 2.45) is 0 Å². The van der Waals surface area contributed by atoms with Gasteiger partial charge in [0.15, 0.2) is 0 Å². The molecular formula is C21H24F3N5O3S. The number of piperidine rings is 1. The van der Waals surface area contributed by atoms with Crippen molar-refractivity contribution < 1.29 is 27.4 Å². The lowest BCUT2D eigenvalue weighted by Crippen LogP contribution is -2.44. The molecule has 0 radical (unpaired) electrons. The van der Waals surface area contributed by atoms with Gasteiger partial charge in [-0.3, -0.25) is 0 Å². The zero-order valence-corrected chi connectivity index (χ0v) is 19.2. The molecule has 1 aliphatic heterocycles. The second-order valence-corrected chi connectivity index (χ2v) is 9.66. The van der Waals surface area contributed by atoms with Crippen LogP contribution >= 0.6 is 11.3 Å². The number of rotatable bonds is 4. The molecule has 1 aromatic carbocycles. The summed E-state index contributed by atoms with van der Waals surface area (Å²) in [5.74, 6) is -0.305. The molecule has 4 rings (SSSR count). The van der Waals surface area contributed by atoms with Crippen molar-refractivity contribution >= 4 is 27.5 Å². The number of fused-ring (bicyclic) bond motifs is 1. The van der Waals surface area contributed by atoms with Crippen molar-refractivity contribution in [2.45, 2.75) is 51.6 Å². The molecule has 8 nitrogen and oxygen atoms in total. The maximum atomic E-state index is 12.5. The number of hydrogen-bond donors (Lipinski definition) is 1. The first-order valence-electron chi connectivity index (χ1n) is 10.4. The van der Waals surface area contributed by atoms with Gasteiger partial charge in [0.2, 0.25) is 10.1 Å². The molecule has 33 heavy (non-hydrogen) atoms. The summed E-state index contributed by atoms with van der Waals surface area (Å²) >= 11 is 1.35. The van der Waals surface area contributed by atoms with Gasteiger partial charge in [-0.15, -0.1) is 18.3 Å². The van der Waals surface area contributed by atoms with Crippen LogP contribution in [0.3, 0.4) is 0 Å². The predicted octanol–water partition coefficient (Wildman–Crippen LogP) is 5.17. The van der Waals surface area contributed by atoms with Crippen LogP contribution in [0.2, 0.25) is 0 Å². The van der Waals surface area contributed by atoms with Crippen molar-refractivity contribution in [2.75, 3.05) is 18.4 Å². The first kappa shape index (κ1) is 23.1. The number of carbonyl (C=O) groups is 1. The van der Waals surface area contributed by atoms with Gasteiger partial charge in [0, 0.05) is 24.7 Å². The number of hydrogen-bond acceptors (Lipinski definition) is 7. The first-order chi connectivity index (χ1) is 15.5. The van der Waals surface area contributed by atoms with E-state index in [-0.39, 0.29) is 17.9 Å². The van der Waals surface area contributed by atoms with Gasteiger partial charge in [0.25, 0.3) is 0 Å². The number of imidazole rings is 1. The van der Waals surface area contributed by atoms with Crippen molar-refractivity contribution in [1.29, 1.82) is 0 Å². The highest BCUT2D eigenvalue weighted by molar-refractivity contribution is 7.20. The number of halogens is 3. The summed E-state index contributed by atoms with van der Waals surface area (Å²) in [6, 6.07) is 5.83. The van der Waals surface area contributed by atoms with E-state index >= 15 is 0 Å². The molecule has 0 unspecified atom stereocenters. The van der Waals surface area contributed by atoms with Crippen LogP contribution in [-0.4, -0.2) is 56.7 Å². The fourth-order valence-electron chi connectivity index (χ4n) is 3.51. The lowest BCUT2D eigenvalue weighted by molar-refractivity contribution is -0.274. The monoisotopic (exact) mass is 483 g/mol. The van der Waals surface area contributed by atoms with Crippen LogP contribution in [0.25, 0.3) is 16.2 Å². The van der Waals surface area contributed by atoms with E-state index in [0.29, 0.717) is 34.4 Å². The van der Waals surface area contributed by atoms with Crippen molar-refractivity contribution in [3.05, 3.63) is 30.5 Å². The number of amides is 1. The third kappa shape index (κ3) is 5.86. The Morgan fingerprint density at radius 1 is 1.21 bits per heavy atom. The third-order valence-electron chi connectivity index (χ3n) is 4.92. The SMILES string of the molecule is CC(C)(C)OC(=O)N1CCC(Nc2nn3c(-c4cccc(OC(F)(F)F)c4)cnc3s2)CC1. The van der Waals surface area contributed by atoms with E-state index in [1.54, 1.807) is 21.7 Å². The lowest BCUT2D eigenvalue weighted by Gasteiger charge is -2.33. The molecule has 0 spiro atoms. The molecule has 0 atom stereocenters. The van der Waals surface area contributed by atoms with Gasteiger partial charge >= 0.3 is 12.5 Å². The first-order valence-corrected chi connectivity index (χ1v) is 11.2. The Balaban J connectivity index is 1.42. The number of ether oxygens (including phenoxy) is 2. The number of likely N-dealkylation sites (tertiary alicyclic amines) is 1. The molecular weight excluding hydrogens is 459 g/mol. The minimum Gasteiger partial charge on any atom is -0.444 e. The van der Waals surface area contributed by atoms with Gasteiger partial charge in [-0.1, -0.05) is 23.5 Å². The standard InChI is InChI=1S/C21H24F3N5O3S/c1-20(2,3)32-19(30)28-9-7-14(8-10-28)26-17-27-29-16(12-25-18(29)33-17)13-5-4-6-15(11-13)31-21(22,23)24/h4-6,11-12,14H,7-10H2,1-3H3,(H,26,27). The molecule has 1 saturated heterocycles. The molecule has 2 aromatic heterocycles. The number of nitrogens with one attached hydrogen (secondary N) is 1. The number of carbonyl (C=O) groups excluding carboxylic acids is 1. The predicted molar refractivity (Wildman–Crippen MR) is 117 cm³/mol. The van der Waals surface area contributed by atoms with Crippen LogP contribution in [0.4, 0.5) is 23.1 Å². The Labute approximate surface area is 192 Å². The summed E-state index contributed by atoms with van der Waals surface area (Å²) < 4.78 is 48.7. The smallest absolute Gasteiger partial charge is 0.444 e. The summed E-state index contributed by atoms with van der Waals surface area (Å²) in [6.07, 6.45) is -2.03. The number of benzene rings is 1. The largest absolute Gasteiger partial charge is 0.573 e. The van der Waals surface area contributed by atoms with E-state index in [9.17, 15) is 18.0 Å². The molecule has 3 heterocycles. The van der Waals surface area contributed by atoms with Crippen molar-refractivity contribution in [1.82, 2.24) is 19.5 Å². The highest BCUT2D eigenvalue weighted by Gasteiger charge is 2.31. The van der Waals surface area contributed by atoms with E-state index in [4.69, 9.17) is 4.74 Å². The van der Waals surface area contributed by atoms with Gasteiger partial charge in [-0.25, -0.2) is 14.3 Å². The topological polar surface area (TPSA) is 81.0 Å². The maximum Gasteiger partial charge on any atom is 0.573 e.